The van der Waals surface area contributed by atoms with Gasteiger partial charge in [-0.3, -0.25) is 14.6 Å². The van der Waals surface area contributed by atoms with Crippen molar-refractivity contribution >= 4 is 28.8 Å². The number of aliphatic hydroxyl groups excluding tert-OH is 1. The van der Waals surface area contributed by atoms with Gasteiger partial charge in [0.15, 0.2) is 11.6 Å². The van der Waals surface area contributed by atoms with E-state index < -0.39 is 17.7 Å². The molecule has 1 aliphatic carbocycles. The molecule has 1 fully saturated rings. The number of amides is 2. The molecule has 1 saturated heterocycles. The SMILES string of the molecule is COc1ccc(C2=CN=C3/C(Nc4ccc(C(=O)NCCCNC(=O)[C@@H]5C[C@@H](O)CN5)c(C)c4)=C/C/C=C\CCC23)c(F)c1F. The number of fused-ring (bicyclic) bond motifs is 1. The Morgan fingerprint density at radius 3 is 2.69 bits per heavy atom. The minimum atomic E-state index is -1.02. The van der Waals surface area contributed by atoms with E-state index in [0.29, 0.717) is 56.5 Å². The van der Waals surface area contributed by atoms with Crippen LogP contribution in [0.15, 0.2) is 65.4 Å². The first-order valence-corrected chi connectivity index (χ1v) is 15.3. The summed E-state index contributed by atoms with van der Waals surface area (Å²) in [5.74, 6) is -2.72. The number of anilines is 1. The van der Waals surface area contributed by atoms with Crippen LogP contribution < -0.4 is 26.0 Å². The fourth-order valence-corrected chi connectivity index (χ4v) is 5.86. The molecule has 45 heavy (non-hydrogen) atoms. The summed E-state index contributed by atoms with van der Waals surface area (Å²) in [6, 6.07) is 8.05. The van der Waals surface area contributed by atoms with Crippen molar-refractivity contribution in [1.82, 2.24) is 16.0 Å². The Bertz CT molecular complexity index is 1570. The Morgan fingerprint density at radius 2 is 1.93 bits per heavy atom. The molecule has 2 aromatic carbocycles. The number of aryl methyl sites for hydroxylation is 1. The number of nitrogens with zero attached hydrogens (tertiary/aromatic N) is 1. The Kier molecular flexibility index (Phi) is 10.4. The van der Waals surface area contributed by atoms with Crippen LogP contribution in [0.5, 0.6) is 5.75 Å². The number of ether oxygens (including phenoxy) is 1. The summed E-state index contributed by atoms with van der Waals surface area (Å²) in [6.07, 6.45) is 10.4. The quantitative estimate of drug-likeness (QED) is 0.199. The molecule has 2 aromatic rings. The van der Waals surface area contributed by atoms with Crippen LogP contribution >= 0.6 is 0 Å². The van der Waals surface area contributed by atoms with E-state index in [-0.39, 0.29) is 35.1 Å². The predicted octanol–water partition coefficient (Wildman–Crippen LogP) is 4.39. The molecule has 2 heterocycles. The lowest BCUT2D eigenvalue weighted by atomic mass is 9.86. The van der Waals surface area contributed by atoms with Crippen molar-refractivity contribution in [3.8, 4) is 5.75 Å². The standard InChI is InChI=1S/C34H39F2N5O4/c1-20-16-21(10-11-23(20)33(43)37-14-7-15-38-34(44)28-17-22(42)18-39-28)41-27-9-6-4-3-5-8-25-26(19-40-32(25)27)24-12-13-29(45-2)31(36)30(24)35/h3-4,9-13,16,19,22,25,28,39,41-42H,5-8,14-15,17-18H2,1-2H3,(H,37,43)(H,38,44)/b4-3-,27-9-/t22-,25?,28+/m1/s1. The van der Waals surface area contributed by atoms with Gasteiger partial charge >= 0.3 is 0 Å². The van der Waals surface area contributed by atoms with Crippen molar-refractivity contribution in [3.05, 3.63) is 88.8 Å². The van der Waals surface area contributed by atoms with Crippen molar-refractivity contribution in [3.63, 3.8) is 0 Å². The maximum Gasteiger partial charge on any atom is 0.251 e. The number of nitrogens with one attached hydrogen (secondary N) is 4. The molecule has 0 radical (unpaired) electrons. The van der Waals surface area contributed by atoms with Gasteiger partial charge in [0.2, 0.25) is 11.7 Å². The number of hydrogen-bond donors (Lipinski definition) is 5. The Hall–Kier alpha value is -4.35. The van der Waals surface area contributed by atoms with Crippen LogP contribution in [0.3, 0.4) is 0 Å². The molecule has 2 aliphatic heterocycles. The first-order chi connectivity index (χ1) is 21.8. The number of aliphatic imine (C=N–C) groups is 1. The third-order valence-electron chi connectivity index (χ3n) is 8.26. The van der Waals surface area contributed by atoms with Crippen LogP contribution in [-0.4, -0.2) is 61.5 Å². The molecule has 2 amide bonds. The number of hydrogen-bond acceptors (Lipinski definition) is 7. The number of carbonyl (C=O) groups is 2. The molecule has 0 bridgehead atoms. The van der Waals surface area contributed by atoms with Crippen molar-refractivity contribution in [2.45, 2.75) is 51.2 Å². The molecule has 3 aliphatic rings. The Balaban J connectivity index is 1.20. The lowest BCUT2D eigenvalue weighted by molar-refractivity contribution is -0.122. The highest BCUT2D eigenvalue weighted by Gasteiger charge is 2.31. The summed E-state index contributed by atoms with van der Waals surface area (Å²) in [7, 11) is 1.30. The number of rotatable bonds is 10. The average Bonchev–Trinajstić information content (AvgIpc) is 3.66. The maximum atomic E-state index is 15.1. The van der Waals surface area contributed by atoms with E-state index in [2.05, 4.69) is 38.4 Å². The monoisotopic (exact) mass is 619 g/mol. The van der Waals surface area contributed by atoms with Gasteiger partial charge in [0.05, 0.1) is 30.7 Å². The third kappa shape index (κ3) is 7.49. The Labute approximate surface area is 261 Å². The molecule has 0 spiro atoms. The number of benzene rings is 2. The summed E-state index contributed by atoms with van der Waals surface area (Å²) in [5, 5.41) is 21.7. The summed E-state index contributed by atoms with van der Waals surface area (Å²) < 4.78 is 34.6. The van der Waals surface area contributed by atoms with E-state index in [1.165, 1.54) is 19.2 Å². The molecule has 11 heteroatoms. The van der Waals surface area contributed by atoms with Crippen molar-refractivity contribution in [2.75, 3.05) is 32.1 Å². The summed E-state index contributed by atoms with van der Waals surface area (Å²) in [5.41, 5.74) is 4.38. The minimum absolute atomic E-state index is 0.147. The second kappa shape index (κ2) is 14.6. The molecule has 5 rings (SSSR count). The van der Waals surface area contributed by atoms with Gasteiger partial charge in [-0.2, -0.15) is 4.39 Å². The smallest absolute Gasteiger partial charge is 0.251 e. The van der Waals surface area contributed by atoms with E-state index in [1.54, 1.807) is 12.3 Å². The molecule has 1 unspecified atom stereocenters. The molecular formula is C34H39F2N5O4. The minimum Gasteiger partial charge on any atom is -0.494 e. The zero-order valence-electron chi connectivity index (χ0n) is 25.5. The summed E-state index contributed by atoms with van der Waals surface area (Å²) in [4.78, 5) is 29.7. The second-order valence-electron chi connectivity index (χ2n) is 11.4. The zero-order valence-corrected chi connectivity index (χ0v) is 25.5. The molecule has 0 aromatic heterocycles. The first-order valence-electron chi connectivity index (χ1n) is 15.3. The van der Waals surface area contributed by atoms with Crippen LogP contribution in [-0.2, 0) is 4.79 Å². The molecular weight excluding hydrogens is 580 g/mol. The summed E-state index contributed by atoms with van der Waals surface area (Å²) >= 11 is 0. The van der Waals surface area contributed by atoms with E-state index >= 15 is 4.39 Å². The number of aliphatic hydroxyl groups is 1. The lowest BCUT2D eigenvalue weighted by Gasteiger charge is -2.21. The largest absolute Gasteiger partial charge is 0.494 e. The van der Waals surface area contributed by atoms with E-state index in [4.69, 9.17) is 4.74 Å². The van der Waals surface area contributed by atoms with E-state index in [0.717, 1.165) is 29.1 Å². The van der Waals surface area contributed by atoms with Gasteiger partial charge in [0, 0.05) is 48.6 Å². The van der Waals surface area contributed by atoms with Gasteiger partial charge in [0.25, 0.3) is 5.91 Å². The summed E-state index contributed by atoms with van der Waals surface area (Å²) in [6.45, 7) is 3.09. The zero-order chi connectivity index (χ0) is 31.9. The fraction of sp³-hybridized carbons (Fsp3) is 0.382. The molecule has 3 atom stereocenters. The van der Waals surface area contributed by atoms with Crippen LogP contribution in [0, 0.1) is 24.5 Å². The third-order valence-corrected chi connectivity index (χ3v) is 8.26. The van der Waals surface area contributed by atoms with Gasteiger partial charge in [-0.05, 0) is 80.5 Å². The number of β-amino-alcohol motifs (C(OH)–C–C–N with tert-alkyl or cyclic N) is 1. The van der Waals surface area contributed by atoms with Gasteiger partial charge in [0.1, 0.15) is 0 Å². The molecule has 0 saturated carbocycles. The highest BCUT2D eigenvalue weighted by atomic mass is 19.2. The normalized spacial score (nSPS) is 22.9. The van der Waals surface area contributed by atoms with E-state index in [1.807, 2.05) is 25.1 Å². The predicted molar refractivity (Wildman–Crippen MR) is 170 cm³/mol. The van der Waals surface area contributed by atoms with Gasteiger partial charge in [-0.15, -0.1) is 0 Å². The van der Waals surface area contributed by atoms with Crippen molar-refractivity contribution in [2.24, 2.45) is 10.9 Å². The maximum absolute atomic E-state index is 15.1. The van der Waals surface area contributed by atoms with Gasteiger partial charge < -0.3 is 31.1 Å². The highest BCUT2D eigenvalue weighted by molar-refractivity contribution is 6.12. The topological polar surface area (TPSA) is 124 Å². The van der Waals surface area contributed by atoms with Gasteiger partial charge in [-0.25, -0.2) is 4.39 Å². The van der Waals surface area contributed by atoms with Crippen molar-refractivity contribution < 1.29 is 28.2 Å². The second-order valence-corrected chi connectivity index (χ2v) is 11.4. The van der Waals surface area contributed by atoms with Gasteiger partial charge in [-0.1, -0.05) is 18.2 Å². The lowest BCUT2D eigenvalue weighted by Crippen LogP contribution is -2.41. The number of methoxy groups -OCH3 is 1. The van der Waals surface area contributed by atoms with E-state index in [9.17, 15) is 19.1 Å². The molecule has 9 nitrogen and oxygen atoms in total. The number of allylic oxidation sites excluding steroid dienone is 5. The van der Waals surface area contributed by atoms with Crippen LogP contribution in [0.1, 0.15) is 53.6 Å². The van der Waals surface area contributed by atoms with Crippen molar-refractivity contribution in [1.29, 1.82) is 0 Å². The first kappa shape index (κ1) is 32.1. The van der Waals surface area contributed by atoms with Crippen LogP contribution in [0.4, 0.5) is 14.5 Å². The van der Waals surface area contributed by atoms with Crippen LogP contribution in [0.2, 0.25) is 0 Å². The Morgan fingerprint density at radius 1 is 1.11 bits per heavy atom. The average molecular weight is 620 g/mol. The number of carbonyl (C=O) groups excluding carboxylic acids is 2. The molecule has 5 N–H and O–H groups in total. The number of halogens is 2. The fourth-order valence-electron chi connectivity index (χ4n) is 5.86. The molecule has 238 valence electrons. The highest BCUT2D eigenvalue weighted by Crippen LogP contribution is 2.39. The van der Waals surface area contributed by atoms with Crippen LogP contribution in [0.25, 0.3) is 5.57 Å².